The van der Waals surface area contributed by atoms with Gasteiger partial charge in [-0.25, -0.2) is 4.79 Å². The van der Waals surface area contributed by atoms with Crippen molar-refractivity contribution >= 4 is 17.5 Å². The van der Waals surface area contributed by atoms with E-state index in [1.54, 1.807) is 6.92 Å². The maximum atomic E-state index is 12.9. The van der Waals surface area contributed by atoms with Crippen LogP contribution >= 0.6 is 0 Å². The van der Waals surface area contributed by atoms with Crippen molar-refractivity contribution in [3.8, 4) is 0 Å². The van der Waals surface area contributed by atoms with Crippen LogP contribution in [-0.2, 0) is 19.1 Å². The monoisotopic (exact) mass is 424 g/mol. The summed E-state index contributed by atoms with van der Waals surface area (Å²) in [5.41, 5.74) is -0.249. The van der Waals surface area contributed by atoms with Crippen molar-refractivity contribution in [2.75, 3.05) is 0 Å². The second kappa shape index (κ2) is 6.79. The molecule has 4 rings (SSSR count). The molecule has 0 aromatic heterocycles. The van der Waals surface area contributed by atoms with Crippen molar-refractivity contribution in [1.82, 2.24) is 0 Å². The van der Waals surface area contributed by atoms with Crippen molar-refractivity contribution in [3.05, 3.63) is 23.5 Å². The standard InChI is InChI=1S/C23H27F3O4/c1-12(27)16-6-7-17-15-5-4-13-10-14(28)11-19(30-20(29)23(24,25)26)22(13,3)18(15)8-9-21(16,17)2/h10-11,15-18H,4-9H2,1-3H3/t15-,16+,17-,18-,21+,22-/m0/s1. The molecule has 0 bridgehead atoms. The van der Waals surface area contributed by atoms with Crippen LogP contribution in [0.5, 0.6) is 0 Å². The Balaban J connectivity index is 1.70. The molecule has 0 spiro atoms. The molecule has 4 aliphatic carbocycles. The third-order valence-electron chi connectivity index (χ3n) is 8.62. The lowest BCUT2D eigenvalue weighted by Crippen LogP contribution is -2.52. The molecule has 0 unspecified atom stereocenters. The highest BCUT2D eigenvalue weighted by Gasteiger charge is 2.61. The SMILES string of the molecule is CC(=O)[C@H]1CC[C@H]2[C@@H]3CCC4=CC(=O)C=C(OC(=O)C(F)(F)F)[C@]4(C)[C@H]3CC[C@]12C. The fourth-order valence-corrected chi connectivity index (χ4v) is 7.24. The predicted molar refractivity (Wildman–Crippen MR) is 102 cm³/mol. The van der Waals surface area contributed by atoms with Crippen molar-refractivity contribution in [3.63, 3.8) is 0 Å². The first-order valence-corrected chi connectivity index (χ1v) is 10.7. The van der Waals surface area contributed by atoms with E-state index in [4.69, 9.17) is 4.74 Å². The summed E-state index contributed by atoms with van der Waals surface area (Å²) >= 11 is 0. The minimum absolute atomic E-state index is 0.0262. The van der Waals surface area contributed by atoms with E-state index >= 15 is 0 Å². The molecule has 0 radical (unpaired) electrons. The van der Waals surface area contributed by atoms with Gasteiger partial charge >= 0.3 is 12.1 Å². The van der Waals surface area contributed by atoms with Gasteiger partial charge < -0.3 is 4.74 Å². The normalized spacial score (nSPS) is 40.5. The van der Waals surface area contributed by atoms with Crippen molar-refractivity contribution in [2.24, 2.45) is 34.5 Å². The topological polar surface area (TPSA) is 60.4 Å². The van der Waals surface area contributed by atoms with Gasteiger partial charge in [-0.2, -0.15) is 13.2 Å². The number of carbonyl (C=O) groups excluding carboxylic acids is 3. The number of alkyl halides is 3. The molecule has 0 amide bonds. The Bertz CT molecular complexity index is 870. The van der Waals surface area contributed by atoms with Gasteiger partial charge in [0.1, 0.15) is 11.5 Å². The van der Waals surface area contributed by atoms with Crippen LogP contribution in [0.25, 0.3) is 0 Å². The summed E-state index contributed by atoms with van der Waals surface area (Å²) in [7, 11) is 0. The predicted octanol–water partition coefficient (Wildman–Crippen LogP) is 4.93. The fraction of sp³-hybridized carbons (Fsp3) is 0.696. The molecule has 7 heteroatoms. The summed E-state index contributed by atoms with van der Waals surface area (Å²) < 4.78 is 43.5. The molecule has 0 aromatic rings. The third-order valence-corrected chi connectivity index (χ3v) is 8.62. The third kappa shape index (κ3) is 2.99. The zero-order valence-corrected chi connectivity index (χ0v) is 17.5. The highest BCUT2D eigenvalue weighted by atomic mass is 19.4. The van der Waals surface area contributed by atoms with Crippen LogP contribution in [0.4, 0.5) is 13.2 Å². The number of Topliss-reactive ketones (excluding diaryl/α,β-unsaturated/α-hetero) is 1. The van der Waals surface area contributed by atoms with Gasteiger partial charge in [-0.15, -0.1) is 0 Å². The summed E-state index contributed by atoms with van der Waals surface area (Å²) in [6, 6.07) is 0. The first-order chi connectivity index (χ1) is 13.9. The van der Waals surface area contributed by atoms with E-state index in [0.29, 0.717) is 12.3 Å². The lowest BCUT2D eigenvalue weighted by molar-refractivity contribution is -0.198. The first-order valence-electron chi connectivity index (χ1n) is 10.7. The molecule has 6 atom stereocenters. The Hall–Kier alpha value is -1.92. The molecule has 3 saturated carbocycles. The number of ketones is 2. The molecule has 0 saturated heterocycles. The molecular weight excluding hydrogens is 397 g/mol. The fourth-order valence-electron chi connectivity index (χ4n) is 7.24. The number of rotatable bonds is 2. The van der Waals surface area contributed by atoms with Crippen LogP contribution in [0.1, 0.15) is 59.3 Å². The van der Waals surface area contributed by atoms with E-state index in [2.05, 4.69) is 6.92 Å². The number of carbonyl (C=O) groups is 3. The van der Waals surface area contributed by atoms with E-state index in [9.17, 15) is 27.6 Å². The Kier molecular flexibility index (Phi) is 4.83. The number of esters is 1. The second-order valence-electron chi connectivity index (χ2n) is 9.87. The smallest absolute Gasteiger partial charge is 0.423 e. The van der Waals surface area contributed by atoms with Crippen LogP contribution in [0, 0.1) is 34.5 Å². The summed E-state index contributed by atoms with van der Waals surface area (Å²) in [6.07, 6.45) is 2.16. The number of allylic oxidation sites excluding steroid dienone is 3. The lowest BCUT2D eigenvalue weighted by atomic mass is 9.47. The molecule has 164 valence electrons. The van der Waals surface area contributed by atoms with E-state index in [1.165, 1.54) is 6.08 Å². The van der Waals surface area contributed by atoms with Gasteiger partial charge in [0.15, 0.2) is 5.78 Å². The van der Waals surface area contributed by atoms with E-state index < -0.39 is 23.3 Å². The second-order valence-corrected chi connectivity index (χ2v) is 9.87. The molecule has 30 heavy (non-hydrogen) atoms. The zero-order valence-electron chi connectivity index (χ0n) is 17.5. The average Bonchev–Trinajstić information content (AvgIpc) is 2.99. The molecular formula is C23H27F3O4. The molecule has 3 fully saturated rings. The van der Waals surface area contributed by atoms with Gasteiger partial charge in [0.25, 0.3) is 0 Å². The Morgan fingerprint density at radius 1 is 1.07 bits per heavy atom. The summed E-state index contributed by atoms with van der Waals surface area (Å²) in [5.74, 6) is -2.16. The average molecular weight is 424 g/mol. The minimum Gasteiger partial charge on any atom is -0.423 e. The van der Waals surface area contributed by atoms with Gasteiger partial charge in [0.05, 0.1) is 5.41 Å². The summed E-state index contributed by atoms with van der Waals surface area (Å²) in [4.78, 5) is 36.0. The highest BCUT2D eigenvalue weighted by Crippen LogP contribution is 2.67. The largest absolute Gasteiger partial charge is 0.491 e. The number of hydrogen-bond donors (Lipinski definition) is 0. The van der Waals surface area contributed by atoms with Crippen molar-refractivity contribution < 1.29 is 32.3 Å². The van der Waals surface area contributed by atoms with Crippen molar-refractivity contribution in [1.29, 1.82) is 0 Å². The number of fused-ring (bicyclic) bond motifs is 5. The Morgan fingerprint density at radius 2 is 1.77 bits per heavy atom. The maximum absolute atomic E-state index is 12.9. The van der Waals surface area contributed by atoms with Gasteiger partial charge in [0, 0.05) is 12.0 Å². The molecule has 4 aliphatic rings. The summed E-state index contributed by atoms with van der Waals surface area (Å²) in [5, 5.41) is 0. The molecule has 0 N–H and O–H groups in total. The minimum atomic E-state index is -5.12. The Morgan fingerprint density at radius 3 is 2.40 bits per heavy atom. The van der Waals surface area contributed by atoms with Crippen LogP contribution in [0.2, 0.25) is 0 Å². The molecule has 0 aromatic carbocycles. The maximum Gasteiger partial charge on any atom is 0.491 e. The number of ether oxygens (including phenoxy) is 1. The van der Waals surface area contributed by atoms with Crippen LogP contribution in [-0.4, -0.2) is 23.7 Å². The number of hydrogen-bond acceptors (Lipinski definition) is 4. The quantitative estimate of drug-likeness (QED) is 0.590. The summed E-state index contributed by atoms with van der Waals surface area (Å²) in [6.45, 7) is 5.65. The van der Waals surface area contributed by atoms with E-state index in [-0.39, 0.29) is 34.7 Å². The molecule has 4 nitrogen and oxygen atoms in total. The van der Waals surface area contributed by atoms with Crippen LogP contribution in [0.3, 0.4) is 0 Å². The highest BCUT2D eigenvalue weighted by molar-refractivity contribution is 6.02. The van der Waals surface area contributed by atoms with Crippen LogP contribution < -0.4 is 0 Å². The van der Waals surface area contributed by atoms with Gasteiger partial charge in [-0.3, -0.25) is 9.59 Å². The molecule has 0 heterocycles. The van der Waals surface area contributed by atoms with Gasteiger partial charge in [-0.05, 0) is 81.6 Å². The van der Waals surface area contributed by atoms with E-state index in [1.807, 2.05) is 6.92 Å². The van der Waals surface area contributed by atoms with Crippen molar-refractivity contribution in [2.45, 2.75) is 65.5 Å². The van der Waals surface area contributed by atoms with E-state index in [0.717, 1.165) is 43.8 Å². The number of halogens is 3. The van der Waals surface area contributed by atoms with Gasteiger partial charge in [0.2, 0.25) is 0 Å². The van der Waals surface area contributed by atoms with Crippen LogP contribution in [0.15, 0.2) is 23.5 Å². The zero-order chi connectivity index (χ0) is 22.1. The first kappa shape index (κ1) is 21.3. The lowest BCUT2D eigenvalue weighted by Gasteiger charge is -2.57. The Labute approximate surface area is 173 Å². The molecule has 0 aliphatic heterocycles. The van der Waals surface area contributed by atoms with Gasteiger partial charge in [-0.1, -0.05) is 12.5 Å².